The summed E-state index contributed by atoms with van der Waals surface area (Å²) in [6.07, 6.45) is 5.16. The van der Waals surface area contributed by atoms with Gasteiger partial charge in [0.05, 0.1) is 11.7 Å². The molecule has 2 unspecified atom stereocenters. The molecule has 122 valence electrons. The summed E-state index contributed by atoms with van der Waals surface area (Å²) in [5.41, 5.74) is 2.73. The van der Waals surface area contributed by atoms with Crippen LogP contribution in [0.3, 0.4) is 0 Å². The van der Waals surface area contributed by atoms with Crippen LogP contribution in [0.15, 0.2) is 18.2 Å². The maximum Gasteiger partial charge on any atom is 0.155 e. The van der Waals surface area contributed by atoms with Crippen molar-refractivity contribution in [2.24, 2.45) is 0 Å². The number of benzene rings is 1. The molecule has 0 heterocycles. The van der Waals surface area contributed by atoms with E-state index in [-0.39, 0.29) is 11.7 Å². The SMILES string of the molecule is COC1CCC(/C=C(\C)c2c(C)cc(Cl)cc2OCl)(OC)C1. The second-order valence-electron chi connectivity index (χ2n) is 5.87. The third-order valence-electron chi connectivity index (χ3n) is 4.42. The lowest BCUT2D eigenvalue weighted by Gasteiger charge is -2.25. The van der Waals surface area contributed by atoms with Crippen molar-refractivity contribution in [1.29, 1.82) is 0 Å². The van der Waals surface area contributed by atoms with Gasteiger partial charge in [0.1, 0.15) is 11.9 Å². The number of rotatable bonds is 5. The molecule has 1 aliphatic carbocycles. The maximum absolute atomic E-state index is 6.07. The lowest BCUT2D eigenvalue weighted by Crippen LogP contribution is -2.26. The molecule has 22 heavy (non-hydrogen) atoms. The Balaban J connectivity index is 2.40. The van der Waals surface area contributed by atoms with Crippen molar-refractivity contribution in [1.82, 2.24) is 0 Å². The van der Waals surface area contributed by atoms with Gasteiger partial charge in [-0.05, 0) is 50.0 Å². The topological polar surface area (TPSA) is 27.7 Å². The molecule has 1 aromatic carbocycles. The van der Waals surface area contributed by atoms with Gasteiger partial charge in [0.2, 0.25) is 0 Å². The summed E-state index contributed by atoms with van der Waals surface area (Å²) in [5, 5.41) is 0.603. The van der Waals surface area contributed by atoms with Crippen LogP contribution < -0.4 is 4.29 Å². The predicted molar refractivity (Wildman–Crippen MR) is 90.7 cm³/mol. The summed E-state index contributed by atoms with van der Waals surface area (Å²) in [5.74, 6) is 0.563. The number of halogens is 2. The Morgan fingerprint density at radius 2 is 2.09 bits per heavy atom. The zero-order valence-electron chi connectivity index (χ0n) is 13.4. The van der Waals surface area contributed by atoms with E-state index in [0.29, 0.717) is 10.8 Å². The summed E-state index contributed by atoms with van der Waals surface area (Å²) in [6, 6.07) is 3.63. The van der Waals surface area contributed by atoms with Crippen LogP contribution in [0.4, 0.5) is 0 Å². The molecule has 1 aliphatic rings. The number of hydrogen-bond donors (Lipinski definition) is 0. The Kier molecular flexibility index (Phi) is 5.78. The first-order valence-corrected chi connectivity index (χ1v) is 8.00. The average Bonchev–Trinajstić information content (AvgIpc) is 2.90. The first-order valence-electron chi connectivity index (χ1n) is 7.31. The summed E-state index contributed by atoms with van der Waals surface area (Å²) in [4.78, 5) is 0. The van der Waals surface area contributed by atoms with Crippen LogP contribution in [0, 0.1) is 6.92 Å². The third-order valence-corrected chi connectivity index (χ3v) is 4.81. The van der Waals surface area contributed by atoms with Crippen LogP contribution in [0.25, 0.3) is 5.57 Å². The van der Waals surface area contributed by atoms with E-state index < -0.39 is 0 Å². The van der Waals surface area contributed by atoms with Crippen LogP contribution in [-0.4, -0.2) is 25.9 Å². The van der Waals surface area contributed by atoms with E-state index in [0.717, 1.165) is 36.0 Å². The van der Waals surface area contributed by atoms with Crippen molar-refractivity contribution in [3.63, 3.8) is 0 Å². The van der Waals surface area contributed by atoms with E-state index in [1.807, 2.05) is 19.9 Å². The molecule has 0 aromatic heterocycles. The molecule has 2 rings (SSSR count). The number of aryl methyl sites for hydroxylation is 1. The highest BCUT2D eigenvalue weighted by molar-refractivity contribution is 6.31. The molecule has 0 amide bonds. The molecule has 2 atom stereocenters. The Morgan fingerprint density at radius 1 is 1.36 bits per heavy atom. The zero-order chi connectivity index (χ0) is 16.3. The first-order chi connectivity index (χ1) is 10.4. The van der Waals surface area contributed by atoms with Crippen LogP contribution in [0.5, 0.6) is 5.75 Å². The van der Waals surface area contributed by atoms with Gasteiger partial charge in [-0.3, -0.25) is 0 Å². The lowest BCUT2D eigenvalue weighted by molar-refractivity contribution is 0.0188. The molecule has 1 fully saturated rings. The van der Waals surface area contributed by atoms with Crippen molar-refractivity contribution < 1.29 is 13.8 Å². The fraction of sp³-hybridized carbons (Fsp3) is 0.529. The Hall–Kier alpha value is -0.740. The van der Waals surface area contributed by atoms with Crippen LogP contribution >= 0.6 is 23.5 Å². The first kappa shape index (κ1) is 17.6. The Morgan fingerprint density at radius 3 is 2.64 bits per heavy atom. The smallest absolute Gasteiger partial charge is 0.155 e. The fourth-order valence-electron chi connectivity index (χ4n) is 3.32. The van der Waals surface area contributed by atoms with Gasteiger partial charge in [0, 0.05) is 37.3 Å². The van der Waals surface area contributed by atoms with E-state index in [1.165, 1.54) is 0 Å². The monoisotopic (exact) mass is 344 g/mol. The van der Waals surface area contributed by atoms with Crippen LogP contribution in [0.1, 0.15) is 37.3 Å². The largest absolute Gasteiger partial charge is 0.385 e. The van der Waals surface area contributed by atoms with E-state index in [4.69, 9.17) is 37.2 Å². The van der Waals surface area contributed by atoms with Gasteiger partial charge in [-0.25, -0.2) is 0 Å². The number of allylic oxidation sites excluding steroid dienone is 1. The summed E-state index contributed by atoms with van der Waals surface area (Å²) < 4.78 is 16.3. The summed E-state index contributed by atoms with van der Waals surface area (Å²) >= 11 is 11.7. The fourth-order valence-corrected chi connectivity index (χ4v) is 3.70. The Labute approximate surface area is 142 Å². The summed E-state index contributed by atoms with van der Waals surface area (Å²) in [6.45, 7) is 4.03. The molecule has 0 radical (unpaired) electrons. The number of hydrogen-bond acceptors (Lipinski definition) is 3. The van der Waals surface area contributed by atoms with Crippen molar-refractivity contribution in [3.05, 3.63) is 34.4 Å². The molecule has 0 saturated heterocycles. The van der Waals surface area contributed by atoms with Gasteiger partial charge >= 0.3 is 0 Å². The second-order valence-corrected chi connectivity index (χ2v) is 6.46. The highest BCUT2D eigenvalue weighted by Gasteiger charge is 2.38. The Bertz CT molecular complexity index is 571. The van der Waals surface area contributed by atoms with E-state index in [2.05, 4.69) is 6.08 Å². The second kappa shape index (κ2) is 7.22. The van der Waals surface area contributed by atoms with Gasteiger partial charge in [0.15, 0.2) is 5.75 Å². The molecular formula is C17H22Cl2O3. The highest BCUT2D eigenvalue weighted by Crippen LogP contribution is 2.40. The number of ether oxygens (including phenoxy) is 2. The van der Waals surface area contributed by atoms with Crippen molar-refractivity contribution in [3.8, 4) is 5.75 Å². The van der Waals surface area contributed by atoms with Crippen molar-refractivity contribution >= 4 is 29.0 Å². The minimum Gasteiger partial charge on any atom is -0.385 e. The van der Waals surface area contributed by atoms with Crippen LogP contribution in [0.2, 0.25) is 5.02 Å². The maximum atomic E-state index is 6.07. The van der Waals surface area contributed by atoms with Crippen molar-refractivity contribution in [2.45, 2.75) is 44.8 Å². The minimum absolute atomic E-state index is 0.235. The molecule has 3 nitrogen and oxygen atoms in total. The molecule has 0 N–H and O–H groups in total. The standard InChI is InChI=1S/C17H22Cl2O3/c1-11-7-13(18)8-15(22-19)16(11)12(2)9-17(21-4)6-5-14(10-17)20-3/h7-9,14H,5-6,10H2,1-4H3/b12-9+. The van der Waals surface area contributed by atoms with E-state index >= 15 is 0 Å². The molecule has 0 aliphatic heterocycles. The van der Waals surface area contributed by atoms with Gasteiger partial charge in [-0.1, -0.05) is 11.6 Å². The van der Waals surface area contributed by atoms with E-state index in [9.17, 15) is 0 Å². The molecule has 1 aromatic rings. The van der Waals surface area contributed by atoms with Gasteiger partial charge in [0.25, 0.3) is 0 Å². The lowest BCUT2D eigenvalue weighted by atomic mass is 9.93. The van der Waals surface area contributed by atoms with Crippen molar-refractivity contribution in [2.75, 3.05) is 14.2 Å². The van der Waals surface area contributed by atoms with Crippen LogP contribution in [-0.2, 0) is 9.47 Å². The molecule has 0 bridgehead atoms. The minimum atomic E-state index is -0.305. The summed E-state index contributed by atoms with van der Waals surface area (Å²) in [7, 11) is 3.49. The molecule has 1 saturated carbocycles. The number of methoxy groups -OCH3 is 2. The van der Waals surface area contributed by atoms with Gasteiger partial charge < -0.3 is 13.8 Å². The molecule has 5 heteroatoms. The van der Waals surface area contributed by atoms with Gasteiger partial charge in [-0.2, -0.15) is 0 Å². The predicted octanol–water partition coefficient (Wildman–Crippen LogP) is 5.17. The quantitative estimate of drug-likeness (QED) is 0.737. The zero-order valence-corrected chi connectivity index (χ0v) is 14.9. The third kappa shape index (κ3) is 3.60. The highest BCUT2D eigenvalue weighted by atomic mass is 35.5. The average molecular weight is 345 g/mol. The normalized spacial score (nSPS) is 25.5. The van der Waals surface area contributed by atoms with Gasteiger partial charge in [-0.15, -0.1) is 0 Å². The molecular weight excluding hydrogens is 323 g/mol. The molecule has 0 spiro atoms. The van der Waals surface area contributed by atoms with E-state index in [1.54, 1.807) is 20.3 Å².